The number of methoxy groups -OCH3 is 2. The zero-order chi connectivity index (χ0) is 16.2. The van der Waals surface area contributed by atoms with E-state index in [2.05, 4.69) is 46.7 Å². The Hall–Kier alpha value is -1.05. The normalized spacial score (nSPS) is 11.0. The maximum Gasteiger partial charge on any atom is 0.354 e. The van der Waals surface area contributed by atoms with Gasteiger partial charge in [0.25, 0.3) is 0 Å². The van der Waals surface area contributed by atoms with Crippen LogP contribution in [0.2, 0.25) is 5.02 Å². The van der Waals surface area contributed by atoms with Crippen LogP contribution in [-0.4, -0.2) is 26.2 Å². The van der Waals surface area contributed by atoms with E-state index in [4.69, 9.17) is 11.6 Å². The van der Waals surface area contributed by atoms with Gasteiger partial charge in [0.1, 0.15) is 5.70 Å². The molecule has 0 aliphatic rings. The van der Waals surface area contributed by atoms with Gasteiger partial charge in [-0.25, -0.2) is 9.59 Å². The van der Waals surface area contributed by atoms with Crippen molar-refractivity contribution in [1.29, 1.82) is 0 Å². The Balaban J connectivity index is 3.28. The van der Waals surface area contributed by atoms with Crippen LogP contribution in [0.15, 0.2) is 26.8 Å². The Morgan fingerprint density at radius 1 is 1.29 bits per heavy atom. The number of carbonyl (C=O) groups excluding carboxylic acids is 2. The van der Waals surface area contributed by atoms with Crippen LogP contribution in [0.3, 0.4) is 0 Å². The van der Waals surface area contributed by atoms with Gasteiger partial charge in [-0.15, -0.1) is 0 Å². The van der Waals surface area contributed by atoms with E-state index < -0.39 is 11.9 Å². The van der Waals surface area contributed by atoms with E-state index >= 15 is 0 Å². The number of hydrogen-bond donors (Lipinski definition) is 1. The Kier molecular flexibility index (Phi) is 6.70. The molecule has 5 nitrogen and oxygen atoms in total. The Labute approximate surface area is 143 Å². The summed E-state index contributed by atoms with van der Waals surface area (Å²) in [6, 6.07) is 1.68. The first-order chi connectivity index (χ1) is 9.81. The second kappa shape index (κ2) is 7.82. The maximum atomic E-state index is 11.7. The number of rotatable bonds is 4. The number of halogens is 3. The van der Waals surface area contributed by atoms with Crippen LogP contribution in [-0.2, 0) is 19.1 Å². The van der Waals surface area contributed by atoms with Crippen molar-refractivity contribution in [3.63, 3.8) is 0 Å². The highest BCUT2D eigenvalue weighted by atomic mass is 79.9. The molecule has 114 valence electrons. The summed E-state index contributed by atoms with van der Waals surface area (Å²) in [5.41, 5.74) is 1.26. The summed E-state index contributed by atoms with van der Waals surface area (Å²) in [5, 5.41) is 3.38. The average molecular weight is 442 g/mol. The Morgan fingerprint density at radius 2 is 1.90 bits per heavy atom. The third-order valence-corrected chi connectivity index (χ3v) is 4.54. The van der Waals surface area contributed by atoms with Crippen molar-refractivity contribution in [2.75, 3.05) is 19.5 Å². The number of anilines is 1. The van der Waals surface area contributed by atoms with E-state index in [1.807, 2.05) is 6.92 Å². The molecule has 1 aromatic rings. The molecule has 0 heterocycles. The predicted octanol–water partition coefficient (Wildman–Crippen LogP) is 3.82. The van der Waals surface area contributed by atoms with Crippen LogP contribution in [0.25, 0.3) is 0 Å². The quantitative estimate of drug-likeness (QED) is 0.569. The fourth-order valence-corrected chi connectivity index (χ4v) is 3.14. The summed E-state index contributed by atoms with van der Waals surface area (Å²) in [7, 11) is 2.43. The van der Waals surface area contributed by atoms with Crippen molar-refractivity contribution in [3.05, 3.63) is 37.4 Å². The molecule has 21 heavy (non-hydrogen) atoms. The number of esters is 2. The van der Waals surface area contributed by atoms with Gasteiger partial charge in [-0.3, -0.25) is 0 Å². The van der Waals surface area contributed by atoms with Crippen molar-refractivity contribution in [2.45, 2.75) is 6.92 Å². The molecule has 8 heteroatoms. The molecular formula is C13H12Br2ClNO4. The summed E-state index contributed by atoms with van der Waals surface area (Å²) < 4.78 is 10.4. The SMILES string of the molecule is COC(=O)/C=C(/Nc1c(Br)cc(Cl)c(C)c1Br)C(=O)OC. The molecule has 0 fully saturated rings. The van der Waals surface area contributed by atoms with Gasteiger partial charge in [0.2, 0.25) is 0 Å². The van der Waals surface area contributed by atoms with Crippen LogP contribution in [0.5, 0.6) is 0 Å². The molecule has 1 N–H and O–H groups in total. The molecule has 0 saturated carbocycles. The van der Waals surface area contributed by atoms with Crippen molar-refractivity contribution < 1.29 is 19.1 Å². The van der Waals surface area contributed by atoms with Gasteiger partial charge in [0, 0.05) is 14.0 Å². The highest BCUT2D eigenvalue weighted by Gasteiger charge is 2.18. The smallest absolute Gasteiger partial charge is 0.354 e. The number of benzene rings is 1. The lowest BCUT2D eigenvalue weighted by molar-refractivity contribution is -0.138. The lowest BCUT2D eigenvalue weighted by Crippen LogP contribution is -2.16. The number of ether oxygens (including phenoxy) is 2. The Bertz CT molecular complexity index is 617. The van der Waals surface area contributed by atoms with E-state index in [-0.39, 0.29) is 5.70 Å². The van der Waals surface area contributed by atoms with E-state index in [0.29, 0.717) is 19.7 Å². The zero-order valence-corrected chi connectivity index (χ0v) is 15.3. The van der Waals surface area contributed by atoms with Gasteiger partial charge in [-0.1, -0.05) is 11.6 Å². The first-order valence-corrected chi connectivity index (χ1v) is 7.57. The van der Waals surface area contributed by atoms with Crippen LogP contribution in [0, 0.1) is 6.92 Å². The van der Waals surface area contributed by atoms with E-state index in [0.717, 1.165) is 11.6 Å². The third-order valence-electron chi connectivity index (χ3n) is 2.53. The minimum absolute atomic E-state index is 0.0625. The number of carbonyl (C=O) groups is 2. The fraction of sp³-hybridized carbons (Fsp3) is 0.231. The van der Waals surface area contributed by atoms with Gasteiger partial charge in [0.15, 0.2) is 0 Å². The van der Waals surface area contributed by atoms with Crippen molar-refractivity contribution in [2.24, 2.45) is 0 Å². The summed E-state index contributed by atoms with van der Waals surface area (Å²) in [6.45, 7) is 1.81. The average Bonchev–Trinajstić information content (AvgIpc) is 2.46. The molecule has 0 aromatic heterocycles. The summed E-state index contributed by atoms with van der Waals surface area (Å²) >= 11 is 12.8. The van der Waals surface area contributed by atoms with Crippen LogP contribution in [0.4, 0.5) is 5.69 Å². The lowest BCUT2D eigenvalue weighted by atomic mass is 10.2. The second-order valence-corrected chi connectivity index (χ2v) is 5.91. The molecule has 0 atom stereocenters. The molecule has 0 saturated heterocycles. The van der Waals surface area contributed by atoms with Gasteiger partial charge >= 0.3 is 11.9 Å². The molecule has 0 amide bonds. The van der Waals surface area contributed by atoms with Crippen molar-refractivity contribution in [3.8, 4) is 0 Å². The molecule has 0 spiro atoms. The van der Waals surface area contributed by atoms with Crippen molar-refractivity contribution >= 4 is 61.1 Å². The number of nitrogens with one attached hydrogen (secondary N) is 1. The largest absolute Gasteiger partial charge is 0.466 e. The first kappa shape index (κ1) is 18.0. The third kappa shape index (κ3) is 4.46. The van der Waals surface area contributed by atoms with Gasteiger partial charge in [-0.2, -0.15) is 0 Å². The molecule has 0 radical (unpaired) electrons. The van der Waals surface area contributed by atoms with Gasteiger partial charge in [0.05, 0.1) is 26.0 Å². The standard InChI is InChI=1S/C13H12Br2ClNO4/c1-6-8(16)4-7(14)12(11(6)15)17-9(13(19)21-3)5-10(18)20-2/h4-5,17H,1-3H3/b9-5+. The van der Waals surface area contributed by atoms with Gasteiger partial charge in [-0.05, 0) is 50.4 Å². The molecule has 0 aliphatic heterocycles. The predicted molar refractivity (Wildman–Crippen MR) is 87.3 cm³/mol. The molecule has 1 aromatic carbocycles. The van der Waals surface area contributed by atoms with E-state index in [1.54, 1.807) is 6.07 Å². The van der Waals surface area contributed by atoms with E-state index in [1.165, 1.54) is 14.2 Å². The van der Waals surface area contributed by atoms with Crippen LogP contribution >= 0.6 is 43.5 Å². The summed E-state index contributed by atoms with van der Waals surface area (Å²) in [5.74, 6) is -1.38. The Morgan fingerprint density at radius 3 is 2.43 bits per heavy atom. The highest BCUT2D eigenvalue weighted by molar-refractivity contribution is 9.11. The zero-order valence-electron chi connectivity index (χ0n) is 11.4. The fourth-order valence-electron chi connectivity index (χ4n) is 1.37. The monoisotopic (exact) mass is 439 g/mol. The summed E-state index contributed by atoms with van der Waals surface area (Å²) in [4.78, 5) is 23.1. The minimum atomic E-state index is -0.702. The van der Waals surface area contributed by atoms with Gasteiger partial charge < -0.3 is 14.8 Å². The number of hydrogen-bond acceptors (Lipinski definition) is 5. The minimum Gasteiger partial charge on any atom is -0.466 e. The van der Waals surface area contributed by atoms with Crippen molar-refractivity contribution in [1.82, 2.24) is 0 Å². The molecule has 0 bridgehead atoms. The maximum absolute atomic E-state index is 11.7. The molecular weight excluding hydrogens is 429 g/mol. The highest BCUT2D eigenvalue weighted by Crippen LogP contribution is 2.38. The molecule has 1 rings (SSSR count). The molecule has 0 unspecified atom stereocenters. The van der Waals surface area contributed by atoms with Crippen LogP contribution in [0.1, 0.15) is 5.56 Å². The summed E-state index contributed by atoms with van der Waals surface area (Å²) in [6.07, 6.45) is 1.01. The van der Waals surface area contributed by atoms with E-state index in [9.17, 15) is 9.59 Å². The first-order valence-electron chi connectivity index (χ1n) is 5.60. The molecule has 0 aliphatic carbocycles. The topological polar surface area (TPSA) is 64.6 Å². The van der Waals surface area contributed by atoms with Crippen LogP contribution < -0.4 is 5.32 Å². The second-order valence-electron chi connectivity index (χ2n) is 3.85. The lowest BCUT2D eigenvalue weighted by Gasteiger charge is -2.15.